The van der Waals surface area contributed by atoms with E-state index < -0.39 is 0 Å². The highest BCUT2D eigenvalue weighted by atomic mass is 127. The van der Waals surface area contributed by atoms with Crippen LogP contribution in [0, 0.1) is 18.3 Å². The Kier molecular flexibility index (Phi) is 10.3. The summed E-state index contributed by atoms with van der Waals surface area (Å²) in [4.78, 5) is 7.26. The monoisotopic (exact) mass is 533 g/mol. The van der Waals surface area contributed by atoms with Crippen LogP contribution in [0.25, 0.3) is 0 Å². The van der Waals surface area contributed by atoms with Crippen molar-refractivity contribution in [3.8, 4) is 0 Å². The molecule has 2 N–H and O–H groups in total. The number of aryl methyl sites for hydroxylation is 1. The largest absolute Gasteiger partial charge is 0.379 e. The summed E-state index contributed by atoms with van der Waals surface area (Å²) < 4.78 is 7.44. The molecule has 30 heavy (non-hydrogen) atoms. The highest BCUT2D eigenvalue weighted by Gasteiger charge is 2.37. The molecule has 1 aliphatic heterocycles. The van der Waals surface area contributed by atoms with E-state index in [0.29, 0.717) is 12.0 Å². The Morgan fingerprint density at radius 3 is 2.50 bits per heavy atom. The lowest BCUT2D eigenvalue weighted by molar-refractivity contribution is 0.0389. The van der Waals surface area contributed by atoms with Gasteiger partial charge in [-0.3, -0.25) is 4.90 Å². The number of hydrogen-bond acceptors (Lipinski definition) is 5. The van der Waals surface area contributed by atoms with E-state index in [9.17, 15) is 0 Å². The van der Waals surface area contributed by atoms with Crippen molar-refractivity contribution < 1.29 is 4.74 Å². The molecule has 0 aromatic carbocycles. The molecule has 0 spiro atoms. The molecule has 0 bridgehead atoms. The van der Waals surface area contributed by atoms with E-state index in [4.69, 9.17) is 9.73 Å². The Morgan fingerprint density at radius 1 is 1.20 bits per heavy atom. The molecule has 1 saturated heterocycles. The van der Waals surface area contributed by atoms with E-state index >= 15 is 0 Å². The molecule has 172 valence electrons. The summed E-state index contributed by atoms with van der Waals surface area (Å²) in [6, 6.07) is 0. The fraction of sp³-hybridized carbons (Fsp3) is 0.857. The Balaban J connectivity index is 0.00000320. The molecule has 2 fully saturated rings. The summed E-state index contributed by atoms with van der Waals surface area (Å²) in [5.74, 6) is 3.41. The van der Waals surface area contributed by atoms with Crippen LogP contribution in [0.5, 0.6) is 0 Å². The van der Waals surface area contributed by atoms with Crippen LogP contribution in [0.1, 0.15) is 51.2 Å². The summed E-state index contributed by atoms with van der Waals surface area (Å²) in [6.45, 7) is 13.7. The lowest BCUT2D eigenvalue weighted by Crippen LogP contribution is -2.49. The summed E-state index contributed by atoms with van der Waals surface area (Å²) in [5, 5.41) is 15.6. The SMILES string of the molecule is Cc1nnc(CN=C(NCCN2CCOCC2)NCC2(CC(C)C)CCC2)n1C.I. The van der Waals surface area contributed by atoms with Crippen LogP contribution in [-0.4, -0.2) is 71.6 Å². The van der Waals surface area contributed by atoms with Crippen molar-refractivity contribution in [3.63, 3.8) is 0 Å². The number of aliphatic imine (C=N–C) groups is 1. The summed E-state index contributed by atoms with van der Waals surface area (Å²) in [5.41, 5.74) is 0.433. The number of nitrogens with zero attached hydrogens (tertiary/aromatic N) is 5. The highest BCUT2D eigenvalue weighted by Crippen LogP contribution is 2.45. The molecule has 1 aromatic rings. The van der Waals surface area contributed by atoms with E-state index in [-0.39, 0.29) is 24.0 Å². The van der Waals surface area contributed by atoms with Gasteiger partial charge in [-0.2, -0.15) is 0 Å². The number of nitrogens with one attached hydrogen (secondary N) is 2. The predicted octanol–water partition coefficient (Wildman–Crippen LogP) is 2.33. The normalized spacial score (nSPS) is 19.3. The molecular weight excluding hydrogens is 493 g/mol. The van der Waals surface area contributed by atoms with E-state index in [1.165, 1.54) is 25.7 Å². The van der Waals surface area contributed by atoms with Crippen LogP contribution in [0.15, 0.2) is 4.99 Å². The van der Waals surface area contributed by atoms with Crippen LogP contribution < -0.4 is 10.6 Å². The Morgan fingerprint density at radius 2 is 1.93 bits per heavy atom. The van der Waals surface area contributed by atoms with Gasteiger partial charge in [0.2, 0.25) is 0 Å². The molecule has 2 aliphatic rings. The van der Waals surface area contributed by atoms with Gasteiger partial charge in [0.05, 0.1) is 13.2 Å². The van der Waals surface area contributed by atoms with Crippen LogP contribution in [0.4, 0.5) is 0 Å². The van der Waals surface area contributed by atoms with Crippen LogP contribution in [0.2, 0.25) is 0 Å². The van der Waals surface area contributed by atoms with Crippen molar-refractivity contribution in [1.29, 1.82) is 0 Å². The van der Waals surface area contributed by atoms with Crippen LogP contribution in [0.3, 0.4) is 0 Å². The van der Waals surface area contributed by atoms with Gasteiger partial charge in [-0.15, -0.1) is 34.2 Å². The average molecular weight is 534 g/mol. The van der Waals surface area contributed by atoms with Gasteiger partial charge in [0.15, 0.2) is 11.8 Å². The molecule has 0 amide bonds. The molecule has 1 aromatic heterocycles. The van der Waals surface area contributed by atoms with Crippen molar-refractivity contribution in [2.75, 3.05) is 45.9 Å². The number of morpholine rings is 1. The number of ether oxygens (including phenoxy) is 1. The van der Waals surface area contributed by atoms with Crippen molar-refractivity contribution >= 4 is 29.9 Å². The zero-order chi connectivity index (χ0) is 20.7. The maximum Gasteiger partial charge on any atom is 0.191 e. The van der Waals surface area contributed by atoms with Crippen molar-refractivity contribution in [1.82, 2.24) is 30.3 Å². The number of guanidine groups is 1. The van der Waals surface area contributed by atoms with Crippen molar-refractivity contribution in [2.45, 2.75) is 53.0 Å². The third kappa shape index (κ3) is 7.33. The maximum absolute atomic E-state index is 5.44. The summed E-state index contributed by atoms with van der Waals surface area (Å²) >= 11 is 0. The number of aromatic nitrogens is 3. The van der Waals surface area contributed by atoms with Gasteiger partial charge in [0.25, 0.3) is 0 Å². The smallest absolute Gasteiger partial charge is 0.191 e. The van der Waals surface area contributed by atoms with E-state index in [2.05, 4.69) is 39.6 Å². The standard InChI is InChI=1S/C21H39N7O.HI/c1-17(2)14-21(6-5-7-21)16-24-20(22-8-9-28-10-12-29-13-11-28)23-15-19-26-25-18(3)27(19)4;/h17H,5-16H2,1-4H3,(H2,22,23,24);1H. The van der Waals surface area contributed by atoms with Gasteiger partial charge in [0, 0.05) is 39.8 Å². The molecule has 1 saturated carbocycles. The second kappa shape index (κ2) is 12.2. The fourth-order valence-electron chi connectivity index (χ4n) is 4.34. The first kappa shape index (κ1) is 25.3. The molecule has 0 atom stereocenters. The Bertz CT molecular complexity index is 666. The van der Waals surface area contributed by atoms with Gasteiger partial charge in [-0.25, -0.2) is 4.99 Å². The van der Waals surface area contributed by atoms with Gasteiger partial charge < -0.3 is 19.9 Å². The van der Waals surface area contributed by atoms with E-state index in [1.54, 1.807) is 0 Å². The van der Waals surface area contributed by atoms with E-state index in [0.717, 1.165) is 69.5 Å². The summed E-state index contributed by atoms with van der Waals surface area (Å²) in [6.07, 6.45) is 5.27. The highest BCUT2D eigenvalue weighted by molar-refractivity contribution is 14.0. The molecule has 1 aliphatic carbocycles. The van der Waals surface area contributed by atoms with Crippen molar-refractivity contribution in [3.05, 3.63) is 11.6 Å². The molecule has 0 unspecified atom stereocenters. The van der Waals surface area contributed by atoms with Gasteiger partial charge in [-0.1, -0.05) is 20.3 Å². The minimum atomic E-state index is 0. The second-order valence-electron chi connectivity index (χ2n) is 9.07. The average Bonchev–Trinajstić information content (AvgIpc) is 3.00. The van der Waals surface area contributed by atoms with Gasteiger partial charge >= 0.3 is 0 Å². The van der Waals surface area contributed by atoms with E-state index in [1.807, 2.05) is 18.5 Å². The molecule has 9 heteroatoms. The van der Waals surface area contributed by atoms with Crippen LogP contribution in [-0.2, 0) is 18.3 Å². The third-order valence-corrected chi connectivity index (χ3v) is 6.27. The van der Waals surface area contributed by atoms with Crippen LogP contribution >= 0.6 is 24.0 Å². The first-order valence-electron chi connectivity index (χ1n) is 11.1. The van der Waals surface area contributed by atoms with Crippen molar-refractivity contribution in [2.24, 2.45) is 23.4 Å². The topological polar surface area (TPSA) is 79.6 Å². The van der Waals surface area contributed by atoms with Gasteiger partial charge in [0.1, 0.15) is 12.4 Å². The fourth-order valence-corrected chi connectivity index (χ4v) is 4.34. The summed E-state index contributed by atoms with van der Waals surface area (Å²) in [7, 11) is 1.99. The first-order valence-corrected chi connectivity index (χ1v) is 11.1. The number of halogens is 1. The zero-order valence-corrected chi connectivity index (χ0v) is 21.4. The molecule has 0 radical (unpaired) electrons. The zero-order valence-electron chi connectivity index (χ0n) is 19.1. The predicted molar refractivity (Wildman–Crippen MR) is 131 cm³/mol. The molecule has 8 nitrogen and oxygen atoms in total. The molecule has 2 heterocycles. The number of rotatable bonds is 9. The number of hydrogen-bond donors (Lipinski definition) is 2. The van der Waals surface area contributed by atoms with Gasteiger partial charge in [-0.05, 0) is 37.5 Å². The second-order valence-corrected chi connectivity index (χ2v) is 9.07. The third-order valence-electron chi connectivity index (χ3n) is 6.27. The Hall–Kier alpha value is -0.940. The maximum atomic E-state index is 5.44. The molecule has 3 rings (SSSR count). The lowest BCUT2D eigenvalue weighted by atomic mass is 9.64. The molecular formula is C21H40IN7O. The minimum absolute atomic E-state index is 0. The Labute approximate surface area is 198 Å². The minimum Gasteiger partial charge on any atom is -0.379 e. The first-order chi connectivity index (χ1) is 14.0. The quantitative estimate of drug-likeness (QED) is 0.288. The lowest BCUT2D eigenvalue weighted by Gasteiger charge is -2.43.